The molecule has 2 N–H and O–H groups in total. The maximum absolute atomic E-state index is 13.1. The van der Waals surface area contributed by atoms with Gasteiger partial charge in [0.2, 0.25) is 0 Å². The molecule has 1 aromatic heterocycles. The second kappa shape index (κ2) is 6.93. The molecule has 1 aromatic carbocycles. The first-order chi connectivity index (χ1) is 11.8. The summed E-state index contributed by atoms with van der Waals surface area (Å²) in [4.78, 5) is 20.2. The minimum Gasteiger partial charge on any atom is -0.365 e. The van der Waals surface area contributed by atoms with Crippen molar-refractivity contribution in [3.05, 3.63) is 47.1 Å². The quantitative estimate of drug-likeness (QED) is 0.837. The van der Waals surface area contributed by atoms with Crippen LogP contribution in [0.25, 0.3) is 0 Å². The van der Waals surface area contributed by atoms with Crippen molar-refractivity contribution in [1.82, 2.24) is 9.97 Å². The van der Waals surface area contributed by atoms with Crippen molar-refractivity contribution in [2.24, 2.45) is 0 Å². The summed E-state index contributed by atoms with van der Waals surface area (Å²) in [6.07, 6.45) is 3.14. The van der Waals surface area contributed by atoms with Crippen LogP contribution in [0.15, 0.2) is 30.6 Å². The van der Waals surface area contributed by atoms with Gasteiger partial charge in [-0.15, -0.1) is 0 Å². The molecular formula is C15H14ClFN4O3S. The molecule has 0 aliphatic carbocycles. The van der Waals surface area contributed by atoms with Crippen LogP contribution in [-0.4, -0.2) is 41.8 Å². The molecule has 2 heterocycles. The molecule has 7 nitrogen and oxygen atoms in total. The Morgan fingerprint density at radius 3 is 2.68 bits per heavy atom. The molecule has 25 heavy (non-hydrogen) atoms. The van der Waals surface area contributed by atoms with Gasteiger partial charge < -0.3 is 10.6 Å². The number of nitrogens with one attached hydrogen (secondary N) is 2. The van der Waals surface area contributed by atoms with Gasteiger partial charge in [-0.2, -0.15) is 0 Å². The topological polar surface area (TPSA) is 101 Å². The van der Waals surface area contributed by atoms with Gasteiger partial charge in [0.15, 0.2) is 9.84 Å². The Hall–Kier alpha value is -2.26. The molecule has 1 unspecified atom stereocenters. The van der Waals surface area contributed by atoms with Crippen molar-refractivity contribution in [3.8, 4) is 0 Å². The smallest absolute Gasteiger partial charge is 0.275 e. The van der Waals surface area contributed by atoms with E-state index in [2.05, 4.69) is 20.6 Å². The number of anilines is 2. The summed E-state index contributed by atoms with van der Waals surface area (Å²) >= 11 is 5.66. The lowest BCUT2D eigenvalue weighted by atomic mass is 10.2. The standard InChI is InChI=1S/C15H14ClFN4O3S/c16-11-5-9(1-2-12(11)17)21-15(22)13-6-19-14(7-18-13)20-10-3-4-25(23,24)8-10/h1-2,5-7,10H,3-4,8H2,(H,19,20)(H,21,22). The van der Waals surface area contributed by atoms with Crippen LogP contribution in [0.3, 0.4) is 0 Å². The Morgan fingerprint density at radius 2 is 2.08 bits per heavy atom. The second-order valence-corrected chi connectivity index (χ2v) is 8.25. The number of aromatic nitrogens is 2. The van der Waals surface area contributed by atoms with E-state index in [1.54, 1.807) is 0 Å². The molecule has 1 aliphatic heterocycles. The monoisotopic (exact) mass is 384 g/mol. The van der Waals surface area contributed by atoms with E-state index >= 15 is 0 Å². The van der Waals surface area contributed by atoms with Crippen molar-refractivity contribution < 1.29 is 17.6 Å². The van der Waals surface area contributed by atoms with E-state index < -0.39 is 21.6 Å². The van der Waals surface area contributed by atoms with Gasteiger partial charge in [-0.25, -0.2) is 22.8 Å². The molecule has 132 valence electrons. The average molecular weight is 385 g/mol. The van der Waals surface area contributed by atoms with Gasteiger partial charge in [0.05, 0.1) is 28.9 Å². The van der Waals surface area contributed by atoms with E-state index in [-0.39, 0.29) is 28.3 Å². The third-order valence-electron chi connectivity index (χ3n) is 3.65. The zero-order valence-corrected chi connectivity index (χ0v) is 14.4. The van der Waals surface area contributed by atoms with Crippen LogP contribution in [-0.2, 0) is 9.84 Å². The van der Waals surface area contributed by atoms with E-state index in [1.807, 2.05) is 0 Å². The Kier molecular flexibility index (Phi) is 4.87. The molecule has 3 rings (SSSR count). The van der Waals surface area contributed by atoms with Gasteiger partial charge >= 0.3 is 0 Å². The molecule has 0 radical (unpaired) electrons. The van der Waals surface area contributed by atoms with Gasteiger partial charge in [0.25, 0.3) is 5.91 Å². The Morgan fingerprint density at radius 1 is 1.28 bits per heavy atom. The van der Waals surface area contributed by atoms with Gasteiger partial charge in [-0.1, -0.05) is 11.6 Å². The summed E-state index contributed by atoms with van der Waals surface area (Å²) in [5.41, 5.74) is 0.390. The normalized spacial score (nSPS) is 18.7. The lowest BCUT2D eigenvalue weighted by Gasteiger charge is -2.11. The highest BCUT2D eigenvalue weighted by molar-refractivity contribution is 7.91. The van der Waals surface area contributed by atoms with E-state index in [4.69, 9.17) is 11.6 Å². The Labute approximate surface area is 148 Å². The minimum absolute atomic E-state index is 0.0578. The summed E-state index contributed by atoms with van der Waals surface area (Å²) < 4.78 is 36.0. The third kappa shape index (κ3) is 4.43. The van der Waals surface area contributed by atoms with Gasteiger partial charge in [0, 0.05) is 11.7 Å². The third-order valence-corrected chi connectivity index (χ3v) is 5.70. The van der Waals surface area contributed by atoms with Crippen LogP contribution in [0, 0.1) is 5.82 Å². The van der Waals surface area contributed by atoms with Crippen LogP contribution >= 0.6 is 11.6 Å². The largest absolute Gasteiger partial charge is 0.365 e. The van der Waals surface area contributed by atoms with Crippen molar-refractivity contribution in [1.29, 1.82) is 0 Å². The summed E-state index contributed by atoms with van der Waals surface area (Å²) in [7, 11) is -2.99. The summed E-state index contributed by atoms with van der Waals surface area (Å²) in [5, 5.41) is 5.42. The molecule has 1 fully saturated rings. The average Bonchev–Trinajstić information content (AvgIpc) is 2.90. The predicted molar refractivity (Wildman–Crippen MR) is 92.1 cm³/mol. The summed E-state index contributed by atoms with van der Waals surface area (Å²) in [5.74, 6) is -0.501. The molecule has 0 saturated carbocycles. The maximum Gasteiger partial charge on any atom is 0.275 e. The fourth-order valence-electron chi connectivity index (χ4n) is 2.41. The number of benzene rings is 1. The molecule has 1 amide bonds. The lowest BCUT2D eigenvalue weighted by molar-refractivity contribution is 0.102. The minimum atomic E-state index is -2.99. The van der Waals surface area contributed by atoms with Crippen LogP contribution in [0.5, 0.6) is 0 Å². The number of carbonyl (C=O) groups excluding carboxylic acids is 1. The highest BCUT2D eigenvalue weighted by atomic mass is 35.5. The van der Waals surface area contributed by atoms with Gasteiger partial charge in [-0.3, -0.25) is 4.79 Å². The molecule has 0 spiro atoms. The predicted octanol–water partition coefficient (Wildman–Crippen LogP) is 2.12. The lowest BCUT2D eigenvalue weighted by Crippen LogP contribution is -2.22. The van der Waals surface area contributed by atoms with Crippen LogP contribution in [0.4, 0.5) is 15.9 Å². The number of rotatable bonds is 4. The van der Waals surface area contributed by atoms with Crippen LogP contribution in [0.1, 0.15) is 16.9 Å². The zero-order chi connectivity index (χ0) is 18.0. The van der Waals surface area contributed by atoms with E-state index in [9.17, 15) is 17.6 Å². The van der Waals surface area contributed by atoms with Crippen molar-refractivity contribution in [3.63, 3.8) is 0 Å². The highest BCUT2D eigenvalue weighted by Crippen LogP contribution is 2.20. The zero-order valence-electron chi connectivity index (χ0n) is 12.9. The van der Waals surface area contributed by atoms with E-state index in [0.717, 1.165) is 6.07 Å². The first-order valence-corrected chi connectivity index (χ1v) is 9.58. The number of sulfone groups is 1. The number of hydrogen-bond donors (Lipinski definition) is 2. The van der Waals surface area contributed by atoms with Crippen molar-refractivity contribution in [2.45, 2.75) is 12.5 Å². The van der Waals surface area contributed by atoms with Gasteiger partial charge in [-0.05, 0) is 24.6 Å². The number of amides is 1. The van der Waals surface area contributed by atoms with Crippen molar-refractivity contribution >= 4 is 38.9 Å². The Bertz CT molecular complexity index is 905. The Balaban J connectivity index is 1.63. The van der Waals surface area contributed by atoms with Crippen LogP contribution in [0.2, 0.25) is 5.02 Å². The number of hydrogen-bond acceptors (Lipinski definition) is 6. The molecule has 10 heteroatoms. The van der Waals surface area contributed by atoms with E-state index in [0.29, 0.717) is 17.9 Å². The molecule has 1 aliphatic rings. The number of nitrogens with zero attached hydrogens (tertiary/aromatic N) is 2. The van der Waals surface area contributed by atoms with Gasteiger partial charge in [0.1, 0.15) is 17.3 Å². The molecule has 2 aromatic rings. The molecule has 0 bridgehead atoms. The fraction of sp³-hybridized carbons (Fsp3) is 0.267. The fourth-order valence-corrected chi connectivity index (χ4v) is 4.26. The highest BCUT2D eigenvalue weighted by Gasteiger charge is 2.28. The molecule has 1 atom stereocenters. The SMILES string of the molecule is O=C(Nc1ccc(F)c(Cl)c1)c1cnc(NC2CCS(=O)(=O)C2)cn1. The first-order valence-electron chi connectivity index (χ1n) is 7.38. The van der Waals surface area contributed by atoms with Crippen molar-refractivity contribution in [2.75, 3.05) is 22.1 Å². The first kappa shape index (κ1) is 17.6. The number of halogens is 2. The molecular weight excluding hydrogens is 371 g/mol. The summed E-state index contributed by atoms with van der Waals surface area (Å²) in [6.45, 7) is 0. The maximum atomic E-state index is 13.1. The molecule has 1 saturated heterocycles. The number of carbonyl (C=O) groups is 1. The second-order valence-electron chi connectivity index (χ2n) is 5.61. The van der Waals surface area contributed by atoms with Crippen LogP contribution < -0.4 is 10.6 Å². The summed E-state index contributed by atoms with van der Waals surface area (Å²) in [6, 6.07) is 3.61. The van der Waals surface area contributed by atoms with E-state index in [1.165, 1.54) is 24.5 Å².